The van der Waals surface area contributed by atoms with E-state index in [9.17, 15) is 9.59 Å². The van der Waals surface area contributed by atoms with Gasteiger partial charge in [0.2, 0.25) is 11.7 Å². The fourth-order valence-corrected chi connectivity index (χ4v) is 3.35. The molecule has 0 unspecified atom stereocenters. The van der Waals surface area contributed by atoms with E-state index < -0.39 is 0 Å². The summed E-state index contributed by atoms with van der Waals surface area (Å²) in [5.41, 5.74) is 2.84. The number of anilines is 2. The van der Waals surface area contributed by atoms with E-state index in [0.29, 0.717) is 34.9 Å². The molecular weight excluding hydrogens is 360 g/mol. The highest BCUT2D eigenvalue weighted by atomic mass is 16.5. The molecule has 7 heteroatoms. The lowest BCUT2D eigenvalue weighted by Crippen LogP contribution is -2.24. The summed E-state index contributed by atoms with van der Waals surface area (Å²) < 4.78 is 15.9. The number of carbonyl (C=O) groups is 2. The first-order valence-electron chi connectivity index (χ1n) is 9.01. The van der Waals surface area contributed by atoms with Gasteiger partial charge in [-0.3, -0.25) is 9.59 Å². The highest BCUT2D eigenvalue weighted by Crippen LogP contribution is 2.38. The Morgan fingerprint density at radius 2 is 1.71 bits per heavy atom. The molecule has 28 heavy (non-hydrogen) atoms. The molecule has 1 aliphatic rings. The zero-order chi connectivity index (χ0) is 20.3. The Bertz CT molecular complexity index is 885. The molecule has 0 atom stereocenters. The van der Waals surface area contributed by atoms with Gasteiger partial charge in [-0.05, 0) is 49.2 Å². The number of aryl methyl sites for hydroxylation is 1. The quantitative estimate of drug-likeness (QED) is 0.826. The third kappa shape index (κ3) is 3.74. The second-order valence-corrected chi connectivity index (χ2v) is 6.52. The number of amides is 2. The van der Waals surface area contributed by atoms with Crippen LogP contribution in [0.15, 0.2) is 30.3 Å². The van der Waals surface area contributed by atoms with Gasteiger partial charge >= 0.3 is 0 Å². The summed E-state index contributed by atoms with van der Waals surface area (Å²) in [4.78, 5) is 26.5. The molecule has 2 amide bonds. The predicted octanol–water partition coefficient (Wildman–Crippen LogP) is 3.40. The Labute approximate surface area is 164 Å². The molecule has 1 fully saturated rings. The van der Waals surface area contributed by atoms with E-state index in [1.54, 1.807) is 23.1 Å². The van der Waals surface area contributed by atoms with Gasteiger partial charge in [0.05, 0.1) is 21.3 Å². The maximum atomic E-state index is 12.7. The summed E-state index contributed by atoms with van der Waals surface area (Å²) in [6.07, 6.45) is 1.46. The molecule has 1 aliphatic heterocycles. The highest BCUT2D eigenvalue weighted by molar-refractivity contribution is 6.05. The van der Waals surface area contributed by atoms with Crippen LogP contribution < -0.4 is 24.4 Å². The van der Waals surface area contributed by atoms with Gasteiger partial charge in [0.15, 0.2) is 11.5 Å². The minimum Gasteiger partial charge on any atom is -0.493 e. The van der Waals surface area contributed by atoms with Gasteiger partial charge in [-0.25, -0.2) is 0 Å². The monoisotopic (exact) mass is 384 g/mol. The molecule has 148 valence electrons. The first-order chi connectivity index (χ1) is 13.5. The number of nitrogens with one attached hydrogen (secondary N) is 1. The van der Waals surface area contributed by atoms with Gasteiger partial charge < -0.3 is 24.4 Å². The van der Waals surface area contributed by atoms with E-state index in [1.807, 2.05) is 19.1 Å². The van der Waals surface area contributed by atoms with E-state index in [0.717, 1.165) is 24.2 Å². The molecule has 0 bridgehead atoms. The number of benzene rings is 2. The Kier molecular flexibility index (Phi) is 5.73. The molecule has 1 heterocycles. The van der Waals surface area contributed by atoms with Crippen LogP contribution in [0.25, 0.3) is 0 Å². The topological polar surface area (TPSA) is 77.1 Å². The fourth-order valence-electron chi connectivity index (χ4n) is 3.35. The third-order valence-electron chi connectivity index (χ3n) is 4.75. The summed E-state index contributed by atoms with van der Waals surface area (Å²) >= 11 is 0. The van der Waals surface area contributed by atoms with E-state index in [2.05, 4.69) is 5.32 Å². The first kappa shape index (κ1) is 19.5. The summed E-state index contributed by atoms with van der Waals surface area (Å²) in [5.74, 6) is 1.08. The van der Waals surface area contributed by atoms with Gasteiger partial charge in [0, 0.05) is 29.9 Å². The Morgan fingerprint density at radius 1 is 1.04 bits per heavy atom. The molecule has 0 aliphatic carbocycles. The van der Waals surface area contributed by atoms with Crippen LogP contribution in [0.4, 0.5) is 11.4 Å². The summed E-state index contributed by atoms with van der Waals surface area (Å²) in [7, 11) is 4.51. The maximum absolute atomic E-state index is 12.7. The second-order valence-electron chi connectivity index (χ2n) is 6.52. The fraction of sp³-hybridized carbons (Fsp3) is 0.333. The van der Waals surface area contributed by atoms with Crippen LogP contribution in [0.2, 0.25) is 0 Å². The number of rotatable bonds is 6. The number of methoxy groups -OCH3 is 3. The highest BCUT2D eigenvalue weighted by Gasteiger charge is 2.23. The van der Waals surface area contributed by atoms with Gasteiger partial charge in [-0.1, -0.05) is 0 Å². The predicted molar refractivity (Wildman–Crippen MR) is 107 cm³/mol. The van der Waals surface area contributed by atoms with Crippen LogP contribution in [-0.2, 0) is 4.79 Å². The number of hydrogen-bond acceptors (Lipinski definition) is 5. The number of nitrogens with zero attached hydrogens (tertiary/aromatic N) is 1. The Morgan fingerprint density at radius 3 is 2.21 bits per heavy atom. The van der Waals surface area contributed by atoms with Crippen LogP contribution in [0.1, 0.15) is 28.8 Å². The molecule has 2 aromatic rings. The van der Waals surface area contributed by atoms with Crippen molar-refractivity contribution in [2.24, 2.45) is 0 Å². The van der Waals surface area contributed by atoms with Crippen molar-refractivity contribution >= 4 is 23.2 Å². The van der Waals surface area contributed by atoms with Gasteiger partial charge in [0.25, 0.3) is 5.91 Å². The molecule has 0 saturated carbocycles. The molecule has 2 aromatic carbocycles. The molecule has 7 nitrogen and oxygen atoms in total. The lowest BCUT2D eigenvalue weighted by molar-refractivity contribution is -0.117. The summed E-state index contributed by atoms with van der Waals surface area (Å²) in [5, 5.41) is 2.87. The van der Waals surface area contributed by atoms with Crippen molar-refractivity contribution in [3.05, 3.63) is 41.5 Å². The summed E-state index contributed by atoms with van der Waals surface area (Å²) in [6.45, 7) is 2.66. The van der Waals surface area contributed by atoms with Gasteiger partial charge in [0.1, 0.15) is 0 Å². The Balaban J connectivity index is 1.83. The van der Waals surface area contributed by atoms with Crippen molar-refractivity contribution in [2.75, 3.05) is 38.1 Å². The van der Waals surface area contributed by atoms with Crippen LogP contribution in [0.5, 0.6) is 17.2 Å². The lowest BCUT2D eigenvalue weighted by Gasteiger charge is -2.19. The first-order valence-corrected chi connectivity index (χ1v) is 9.01. The molecule has 0 aromatic heterocycles. The van der Waals surface area contributed by atoms with E-state index in [-0.39, 0.29) is 11.8 Å². The molecule has 1 N–H and O–H groups in total. The number of hydrogen-bond donors (Lipinski definition) is 1. The Hall–Kier alpha value is -3.22. The van der Waals surface area contributed by atoms with Crippen molar-refractivity contribution in [2.45, 2.75) is 19.8 Å². The zero-order valence-corrected chi connectivity index (χ0v) is 16.5. The van der Waals surface area contributed by atoms with Crippen LogP contribution in [-0.4, -0.2) is 39.7 Å². The summed E-state index contributed by atoms with van der Waals surface area (Å²) in [6, 6.07) is 8.71. The average Bonchev–Trinajstić information content (AvgIpc) is 3.12. The molecule has 0 radical (unpaired) electrons. The standard InChI is InChI=1S/C21H24N2O5/c1-13-10-15(7-8-16(13)23-9-5-6-19(23)24)22-21(25)14-11-17(26-2)20(28-4)18(12-14)27-3/h7-8,10-12H,5-6,9H2,1-4H3,(H,22,25). The van der Waals surface area contributed by atoms with E-state index in [1.165, 1.54) is 21.3 Å². The van der Waals surface area contributed by atoms with Crippen LogP contribution in [0.3, 0.4) is 0 Å². The zero-order valence-electron chi connectivity index (χ0n) is 16.5. The van der Waals surface area contributed by atoms with Crippen molar-refractivity contribution in [1.29, 1.82) is 0 Å². The van der Waals surface area contributed by atoms with Crippen molar-refractivity contribution < 1.29 is 23.8 Å². The van der Waals surface area contributed by atoms with Gasteiger partial charge in [-0.15, -0.1) is 0 Å². The second kappa shape index (κ2) is 8.21. The largest absolute Gasteiger partial charge is 0.493 e. The van der Waals surface area contributed by atoms with Crippen molar-refractivity contribution in [3.8, 4) is 17.2 Å². The van der Waals surface area contributed by atoms with Crippen molar-refractivity contribution in [1.82, 2.24) is 0 Å². The lowest BCUT2D eigenvalue weighted by atomic mass is 10.1. The van der Waals surface area contributed by atoms with Crippen LogP contribution >= 0.6 is 0 Å². The third-order valence-corrected chi connectivity index (χ3v) is 4.75. The average molecular weight is 384 g/mol. The molecule has 3 rings (SSSR count). The smallest absolute Gasteiger partial charge is 0.255 e. The number of ether oxygens (including phenoxy) is 3. The van der Waals surface area contributed by atoms with E-state index >= 15 is 0 Å². The molecule has 1 saturated heterocycles. The van der Waals surface area contributed by atoms with Gasteiger partial charge in [-0.2, -0.15) is 0 Å². The maximum Gasteiger partial charge on any atom is 0.255 e. The minimum absolute atomic E-state index is 0.136. The molecular formula is C21H24N2O5. The van der Waals surface area contributed by atoms with Crippen molar-refractivity contribution in [3.63, 3.8) is 0 Å². The normalized spacial score (nSPS) is 13.4. The number of carbonyl (C=O) groups excluding carboxylic acids is 2. The van der Waals surface area contributed by atoms with Crippen LogP contribution in [0, 0.1) is 6.92 Å². The minimum atomic E-state index is -0.302. The van der Waals surface area contributed by atoms with E-state index in [4.69, 9.17) is 14.2 Å². The molecule has 0 spiro atoms. The SMILES string of the molecule is COc1cc(C(=O)Nc2ccc(N3CCCC3=O)c(C)c2)cc(OC)c1OC.